The number of rotatable bonds is 6. The zero-order chi connectivity index (χ0) is 18.4. The largest absolute Gasteiger partial charge is 0.352 e. The van der Waals surface area contributed by atoms with E-state index in [-0.39, 0.29) is 24.8 Å². The molecular formula is C19H16BrN3O2S. The van der Waals surface area contributed by atoms with Crippen molar-refractivity contribution in [3.63, 3.8) is 0 Å². The van der Waals surface area contributed by atoms with E-state index in [1.807, 2.05) is 36.4 Å². The van der Waals surface area contributed by atoms with Crippen LogP contribution in [0.5, 0.6) is 0 Å². The van der Waals surface area contributed by atoms with Crippen LogP contribution in [0.2, 0.25) is 0 Å². The number of para-hydroxylation sites is 1. The van der Waals surface area contributed by atoms with E-state index in [1.54, 1.807) is 18.2 Å². The number of thiazole rings is 1. The summed E-state index contributed by atoms with van der Waals surface area (Å²) in [6.07, 6.45) is 3.32. The molecule has 0 spiro atoms. The average molecular weight is 430 g/mol. The topological polar surface area (TPSA) is 71.1 Å². The molecule has 0 unspecified atom stereocenters. The van der Waals surface area contributed by atoms with Crippen molar-refractivity contribution in [1.29, 1.82) is 0 Å². The minimum Gasteiger partial charge on any atom is -0.352 e. The van der Waals surface area contributed by atoms with Gasteiger partial charge in [0.05, 0.1) is 10.2 Å². The third-order valence-electron chi connectivity index (χ3n) is 3.47. The van der Waals surface area contributed by atoms with Crippen LogP contribution in [0.25, 0.3) is 16.3 Å². The Hall–Kier alpha value is -2.51. The first kappa shape index (κ1) is 18.3. The van der Waals surface area contributed by atoms with Crippen molar-refractivity contribution < 1.29 is 9.59 Å². The molecule has 1 heterocycles. The van der Waals surface area contributed by atoms with Crippen molar-refractivity contribution in [1.82, 2.24) is 10.3 Å². The number of halogens is 1. The summed E-state index contributed by atoms with van der Waals surface area (Å²) >= 11 is 4.87. The van der Waals surface area contributed by atoms with Gasteiger partial charge in [0.2, 0.25) is 11.8 Å². The number of carbonyl (C=O) groups excluding carboxylic acids is 2. The average Bonchev–Trinajstić information content (AvgIpc) is 3.05. The van der Waals surface area contributed by atoms with E-state index >= 15 is 0 Å². The van der Waals surface area contributed by atoms with Gasteiger partial charge < -0.3 is 10.6 Å². The van der Waals surface area contributed by atoms with Crippen LogP contribution in [0.3, 0.4) is 0 Å². The van der Waals surface area contributed by atoms with Gasteiger partial charge in [-0.25, -0.2) is 4.98 Å². The van der Waals surface area contributed by atoms with Crippen molar-refractivity contribution in [3.8, 4) is 0 Å². The molecule has 0 aliphatic heterocycles. The molecule has 5 nitrogen and oxygen atoms in total. The molecule has 2 aromatic carbocycles. The van der Waals surface area contributed by atoms with Crippen molar-refractivity contribution in [2.24, 2.45) is 0 Å². The number of amides is 2. The lowest BCUT2D eigenvalue weighted by atomic mass is 10.3. The number of hydrogen-bond donors (Lipinski definition) is 2. The molecule has 132 valence electrons. The molecule has 0 bridgehead atoms. The van der Waals surface area contributed by atoms with E-state index in [1.165, 1.54) is 17.4 Å². The van der Waals surface area contributed by atoms with Gasteiger partial charge in [-0.05, 0) is 42.5 Å². The van der Waals surface area contributed by atoms with Gasteiger partial charge in [0.15, 0.2) is 0 Å². The zero-order valence-corrected chi connectivity index (χ0v) is 16.1. The molecule has 26 heavy (non-hydrogen) atoms. The SMILES string of the molecule is O=C(/C=C/c1nc2ccccc2s1)NCCC(=O)Nc1ccc(Br)cc1. The molecule has 1 aromatic heterocycles. The van der Waals surface area contributed by atoms with E-state index in [2.05, 4.69) is 31.5 Å². The Labute approximate surface area is 163 Å². The van der Waals surface area contributed by atoms with Crippen LogP contribution in [0, 0.1) is 0 Å². The molecule has 2 amide bonds. The number of nitrogens with zero attached hydrogens (tertiary/aromatic N) is 1. The van der Waals surface area contributed by atoms with Gasteiger partial charge in [0.1, 0.15) is 5.01 Å². The third-order valence-corrected chi connectivity index (χ3v) is 5.00. The predicted molar refractivity (Wildman–Crippen MR) is 109 cm³/mol. The molecule has 0 saturated heterocycles. The summed E-state index contributed by atoms with van der Waals surface area (Å²) in [6.45, 7) is 0.269. The number of hydrogen-bond acceptors (Lipinski definition) is 4. The van der Waals surface area contributed by atoms with Crippen LogP contribution in [0.4, 0.5) is 5.69 Å². The first-order valence-corrected chi connectivity index (χ1v) is 9.58. The predicted octanol–water partition coefficient (Wildman–Crippen LogP) is 4.22. The molecule has 0 aliphatic rings. The molecule has 3 aromatic rings. The molecule has 0 fully saturated rings. The summed E-state index contributed by atoms with van der Waals surface area (Å²) in [6, 6.07) is 15.1. The lowest BCUT2D eigenvalue weighted by molar-refractivity contribution is -0.117. The summed E-state index contributed by atoms with van der Waals surface area (Å²) < 4.78 is 2.03. The second kappa shape index (κ2) is 8.73. The second-order valence-corrected chi connectivity index (χ2v) is 7.43. The monoisotopic (exact) mass is 429 g/mol. The molecule has 0 saturated carbocycles. The Balaban J connectivity index is 1.43. The highest BCUT2D eigenvalue weighted by molar-refractivity contribution is 9.10. The maximum Gasteiger partial charge on any atom is 0.244 e. The minimum absolute atomic E-state index is 0.150. The van der Waals surface area contributed by atoms with Crippen molar-refractivity contribution >= 4 is 61.1 Å². The summed E-state index contributed by atoms with van der Waals surface area (Å²) in [5, 5.41) is 6.25. The molecule has 0 aliphatic carbocycles. The van der Waals surface area contributed by atoms with Gasteiger partial charge in [-0.1, -0.05) is 28.1 Å². The lowest BCUT2D eigenvalue weighted by Crippen LogP contribution is -2.26. The number of carbonyl (C=O) groups is 2. The Morgan fingerprint density at radius 2 is 1.88 bits per heavy atom. The molecule has 0 radical (unpaired) electrons. The van der Waals surface area contributed by atoms with Gasteiger partial charge in [-0.15, -0.1) is 11.3 Å². The molecular weight excluding hydrogens is 414 g/mol. The summed E-state index contributed by atoms with van der Waals surface area (Å²) in [5.74, 6) is -0.400. The number of benzene rings is 2. The maximum absolute atomic E-state index is 11.9. The van der Waals surface area contributed by atoms with Crippen molar-refractivity contribution in [2.45, 2.75) is 6.42 Å². The van der Waals surface area contributed by atoms with E-state index in [4.69, 9.17) is 0 Å². The standard InChI is InChI=1S/C19H16BrN3O2S/c20-13-5-7-14(8-6-13)22-18(25)11-12-21-17(24)9-10-19-23-15-3-1-2-4-16(15)26-19/h1-10H,11-12H2,(H,21,24)(H,22,25)/b10-9+. The fourth-order valence-electron chi connectivity index (χ4n) is 2.22. The smallest absolute Gasteiger partial charge is 0.244 e. The first-order valence-electron chi connectivity index (χ1n) is 7.97. The van der Waals surface area contributed by atoms with Gasteiger partial charge in [0.25, 0.3) is 0 Å². The minimum atomic E-state index is -0.249. The second-order valence-electron chi connectivity index (χ2n) is 5.45. The van der Waals surface area contributed by atoms with Crippen molar-refractivity contribution in [2.75, 3.05) is 11.9 Å². The highest BCUT2D eigenvalue weighted by Crippen LogP contribution is 2.22. The van der Waals surface area contributed by atoms with Crippen LogP contribution >= 0.6 is 27.3 Å². The number of anilines is 1. The number of nitrogens with one attached hydrogen (secondary N) is 2. The molecule has 0 atom stereocenters. The molecule has 7 heteroatoms. The first-order chi connectivity index (χ1) is 12.6. The van der Waals surface area contributed by atoms with Crippen molar-refractivity contribution in [3.05, 3.63) is 64.1 Å². The summed E-state index contributed by atoms with van der Waals surface area (Å²) in [4.78, 5) is 28.1. The van der Waals surface area contributed by atoms with Gasteiger partial charge in [-0.2, -0.15) is 0 Å². The van der Waals surface area contributed by atoms with Crippen LogP contribution < -0.4 is 10.6 Å². The van der Waals surface area contributed by atoms with E-state index < -0.39 is 0 Å². The normalized spacial score (nSPS) is 11.0. The Kier molecular flexibility index (Phi) is 6.14. The van der Waals surface area contributed by atoms with Crippen LogP contribution in [-0.2, 0) is 9.59 Å². The maximum atomic E-state index is 11.9. The van der Waals surface area contributed by atoms with E-state index in [0.717, 1.165) is 25.4 Å². The Morgan fingerprint density at radius 3 is 2.65 bits per heavy atom. The fourth-order valence-corrected chi connectivity index (χ4v) is 3.36. The third kappa shape index (κ3) is 5.24. The summed E-state index contributed by atoms with van der Waals surface area (Å²) in [7, 11) is 0. The highest BCUT2D eigenvalue weighted by atomic mass is 79.9. The van der Waals surface area contributed by atoms with E-state index in [0.29, 0.717) is 0 Å². The fraction of sp³-hybridized carbons (Fsp3) is 0.105. The molecule has 3 rings (SSSR count). The van der Waals surface area contributed by atoms with Gasteiger partial charge in [0, 0.05) is 29.2 Å². The molecule has 2 N–H and O–H groups in total. The zero-order valence-electron chi connectivity index (χ0n) is 13.7. The lowest BCUT2D eigenvalue weighted by Gasteiger charge is -2.05. The summed E-state index contributed by atoms with van der Waals surface area (Å²) in [5.41, 5.74) is 1.64. The van der Waals surface area contributed by atoms with Crippen LogP contribution in [0.1, 0.15) is 11.4 Å². The van der Waals surface area contributed by atoms with E-state index in [9.17, 15) is 9.59 Å². The van der Waals surface area contributed by atoms with Gasteiger partial charge in [-0.3, -0.25) is 9.59 Å². The Bertz CT molecular complexity index is 918. The Morgan fingerprint density at radius 1 is 1.12 bits per heavy atom. The quantitative estimate of drug-likeness (QED) is 0.576. The number of aromatic nitrogens is 1. The van der Waals surface area contributed by atoms with Gasteiger partial charge >= 0.3 is 0 Å². The highest BCUT2D eigenvalue weighted by Gasteiger charge is 2.04. The number of fused-ring (bicyclic) bond motifs is 1. The van der Waals surface area contributed by atoms with Crippen LogP contribution in [-0.4, -0.2) is 23.3 Å². The van der Waals surface area contributed by atoms with Crippen LogP contribution in [0.15, 0.2) is 59.1 Å².